The summed E-state index contributed by atoms with van der Waals surface area (Å²) in [6.45, 7) is 3.81. The highest BCUT2D eigenvalue weighted by Gasteiger charge is 2.29. The van der Waals surface area contributed by atoms with Crippen LogP contribution < -0.4 is 15.6 Å². The van der Waals surface area contributed by atoms with Crippen molar-refractivity contribution in [1.82, 2.24) is 4.98 Å². The molecule has 0 saturated heterocycles. The van der Waals surface area contributed by atoms with Gasteiger partial charge in [0.15, 0.2) is 5.78 Å². The summed E-state index contributed by atoms with van der Waals surface area (Å²) >= 11 is 0. The third-order valence-corrected chi connectivity index (χ3v) is 5.78. The number of ketones is 1. The Morgan fingerprint density at radius 3 is 2.48 bits per heavy atom. The van der Waals surface area contributed by atoms with Gasteiger partial charge in [0.1, 0.15) is 11.3 Å². The number of aromatic amines is 1. The number of aromatic nitrogens is 1. The average Bonchev–Trinajstić information content (AvgIpc) is 2.75. The van der Waals surface area contributed by atoms with Crippen LogP contribution in [0.1, 0.15) is 55.4 Å². The Morgan fingerprint density at radius 1 is 1.03 bits per heavy atom. The number of aryl methyl sites for hydroxylation is 2. The predicted octanol–water partition coefficient (Wildman–Crippen LogP) is 4.17. The molecule has 0 fully saturated rings. The molecule has 6 nitrogen and oxygen atoms in total. The molecule has 158 valence electrons. The van der Waals surface area contributed by atoms with E-state index in [1.54, 1.807) is 7.11 Å². The highest BCUT2D eigenvalue weighted by Crippen LogP contribution is 2.32. The number of nitrogens with one attached hydrogen (secondary N) is 2. The van der Waals surface area contributed by atoms with Crippen molar-refractivity contribution < 1.29 is 14.3 Å². The Morgan fingerprint density at radius 2 is 1.77 bits per heavy atom. The summed E-state index contributed by atoms with van der Waals surface area (Å²) in [7, 11) is 1.61. The SMILES string of the molecule is COc1ccc(C2CC(=O)c3cc(C(=O)Nc4cc(C)ccc4C)c(=O)[nH]c3C2)cc1. The maximum Gasteiger partial charge on any atom is 0.261 e. The van der Waals surface area contributed by atoms with Gasteiger partial charge in [-0.1, -0.05) is 24.3 Å². The molecule has 0 aliphatic heterocycles. The van der Waals surface area contributed by atoms with Gasteiger partial charge in [-0.25, -0.2) is 0 Å². The van der Waals surface area contributed by atoms with Crippen LogP contribution in [0.25, 0.3) is 0 Å². The van der Waals surface area contributed by atoms with Crippen LogP contribution in [0.5, 0.6) is 5.75 Å². The molecule has 1 atom stereocenters. The highest BCUT2D eigenvalue weighted by molar-refractivity contribution is 6.07. The lowest BCUT2D eigenvalue weighted by molar-refractivity contribution is 0.0963. The summed E-state index contributed by atoms with van der Waals surface area (Å²) in [4.78, 5) is 41.1. The zero-order valence-corrected chi connectivity index (χ0v) is 17.7. The van der Waals surface area contributed by atoms with Gasteiger partial charge in [-0.15, -0.1) is 0 Å². The van der Waals surface area contributed by atoms with E-state index in [0.29, 0.717) is 29.8 Å². The standard InChI is InChI=1S/C25H24N2O4/c1-14-4-5-15(2)21(10-14)26-24(29)20-13-19-22(27-25(20)30)11-17(12-23(19)28)16-6-8-18(31-3)9-7-16/h4-10,13,17H,11-12H2,1-3H3,(H,26,29)(H,27,30). The second kappa shape index (κ2) is 8.22. The average molecular weight is 416 g/mol. The number of ether oxygens (including phenoxy) is 1. The molecule has 1 unspecified atom stereocenters. The number of carbonyl (C=O) groups is 2. The van der Waals surface area contributed by atoms with Crippen molar-refractivity contribution in [2.24, 2.45) is 0 Å². The number of rotatable bonds is 4. The Hall–Kier alpha value is -3.67. The van der Waals surface area contributed by atoms with E-state index in [4.69, 9.17) is 4.74 Å². The van der Waals surface area contributed by atoms with E-state index >= 15 is 0 Å². The lowest BCUT2D eigenvalue weighted by atomic mass is 9.81. The number of H-pyrrole nitrogens is 1. The lowest BCUT2D eigenvalue weighted by Gasteiger charge is -2.24. The fraction of sp³-hybridized carbons (Fsp3) is 0.240. The van der Waals surface area contributed by atoms with E-state index in [0.717, 1.165) is 22.4 Å². The van der Waals surface area contributed by atoms with E-state index < -0.39 is 11.5 Å². The maximum atomic E-state index is 12.9. The second-order valence-corrected chi connectivity index (χ2v) is 7.98. The lowest BCUT2D eigenvalue weighted by Crippen LogP contribution is -2.29. The number of hydrogen-bond acceptors (Lipinski definition) is 4. The topological polar surface area (TPSA) is 88.3 Å². The summed E-state index contributed by atoms with van der Waals surface area (Å²) < 4.78 is 5.19. The number of benzene rings is 2. The van der Waals surface area contributed by atoms with E-state index in [9.17, 15) is 14.4 Å². The van der Waals surface area contributed by atoms with Crippen LogP contribution in [-0.4, -0.2) is 23.8 Å². The molecule has 0 bridgehead atoms. The van der Waals surface area contributed by atoms with Crippen LogP contribution in [-0.2, 0) is 6.42 Å². The highest BCUT2D eigenvalue weighted by atomic mass is 16.5. The molecule has 1 aromatic heterocycles. The molecule has 0 saturated carbocycles. The van der Waals surface area contributed by atoms with E-state index in [-0.39, 0.29) is 17.3 Å². The minimum Gasteiger partial charge on any atom is -0.497 e. The largest absolute Gasteiger partial charge is 0.497 e. The van der Waals surface area contributed by atoms with Crippen molar-refractivity contribution in [3.63, 3.8) is 0 Å². The Kier molecular flexibility index (Phi) is 5.46. The first-order valence-electron chi connectivity index (χ1n) is 10.2. The first-order valence-corrected chi connectivity index (χ1v) is 10.2. The van der Waals surface area contributed by atoms with Gasteiger partial charge in [0.2, 0.25) is 0 Å². The van der Waals surface area contributed by atoms with Gasteiger partial charge >= 0.3 is 0 Å². The summed E-state index contributed by atoms with van der Waals surface area (Å²) in [6, 6.07) is 14.7. The van der Waals surface area contributed by atoms with Crippen molar-refractivity contribution in [1.29, 1.82) is 0 Å². The number of carbonyl (C=O) groups excluding carboxylic acids is 2. The van der Waals surface area contributed by atoms with Crippen molar-refractivity contribution in [3.8, 4) is 5.75 Å². The number of hydrogen-bond donors (Lipinski definition) is 2. The van der Waals surface area contributed by atoms with Gasteiger partial charge in [-0.05, 0) is 67.1 Å². The zero-order chi connectivity index (χ0) is 22.1. The summed E-state index contributed by atoms with van der Waals surface area (Å²) in [6.07, 6.45) is 0.852. The normalized spacial score (nSPS) is 15.3. The van der Waals surface area contributed by atoms with Gasteiger partial charge < -0.3 is 15.0 Å². The molecule has 3 aromatic rings. The Labute approximate surface area is 180 Å². The number of Topliss-reactive ketones (excluding diaryl/α,β-unsaturated/α-hetero) is 1. The first-order chi connectivity index (χ1) is 14.9. The van der Waals surface area contributed by atoms with Gasteiger partial charge in [0.05, 0.1) is 7.11 Å². The van der Waals surface area contributed by atoms with Crippen molar-refractivity contribution in [3.05, 3.63) is 92.4 Å². The smallest absolute Gasteiger partial charge is 0.261 e. The van der Waals surface area contributed by atoms with Crippen LogP contribution in [0.2, 0.25) is 0 Å². The first kappa shape index (κ1) is 20.6. The molecule has 1 aliphatic rings. The summed E-state index contributed by atoms with van der Waals surface area (Å²) in [5.41, 5.74) is 3.98. The fourth-order valence-corrected chi connectivity index (χ4v) is 3.97. The van der Waals surface area contributed by atoms with Crippen molar-refractivity contribution in [2.45, 2.75) is 32.6 Å². The molecule has 1 amide bonds. The van der Waals surface area contributed by atoms with Gasteiger partial charge in [-0.3, -0.25) is 14.4 Å². The third-order valence-electron chi connectivity index (χ3n) is 5.78. The monoisotopic (exact) mass is 416 g/mol. The number of methoxy groups -OCH3 is 1. The molecule has 31 heavy (non-hydrogen) atoms. The fourth-order valence-electron chi connectivity index (χ4n) is 3.97. The number of anilines is 1. The zero-order valence-electron chi connectivity index (χ0n) is 17.7. The number of fused-ring (bicyclic) bond motifs is 1. The molecule has 2 N–H and O–H groups in total. The van der Waals surface area contributed by atoms with Crippen LogP contribution in [0.3, 0.4) is 0 Å². The molecule has 6 heteroatoms. The summed E-state index contributed by atoms with van der Waals surface area (Å²) in [5, 5.41) is 2.79. The summed E-state index contributed by atoms with van der Waals surface area (Å²) in [5.74, 6) is 0.109. The Bertz CT molecular complexity index is 1230. The minimum atomic E-state index is -0.525. The minimum absolute atomic E-state index is 0.0313. The number of pyridine rings is 1. The maximum absolute atomic E-state index is 12.9. The van der Waals surface area contributed by atoms with E-state index in [1.165, 1.54) is 6.07 Å². The predicted molar refractivity (Wildman–Crippen MR) is 119 cm³/mol. The van der Waals surface area contributed by atoms with E-state index in [1.807, 2.05) is 56.3 Å². The van der Waals surface area contributed by atoms with Crippen LogP contribution >= 0.6 is 0 Å². The quantitative estimate of drug-likeness (QED) is 0.668. The second-order valence-electron chi connectivity index (χ2n) is 7.98. The molecule has 1 heterocycles. The van der Waals surface area contributed by atoms with Gasteiger partial charge in [-0.2, -0.15) is 0 Å². The van der Waals surface area contributed by atoms with E-state index in [2.05, 4.69) is 10.3 Å². The molecular weight excluding hydrogens is 392 g/mol. The molecular formula is C25H24N2O4. The van der Waals surface area contributed by atoms with Gasteiger partial charge in [0.25, 0.3) is 11.5 Å². The third kappa shape index (κ3) is 4.14. The van der Waals surface area contributed by atoms with Crippen molar-refractivity contribution in [2.75, 3.05) is 12.4 Å². The van der Waals surface area contributed by atoms with Gasteiger partial charge in [0, 0.05) is 23.4 Å². The van der Waals surface area contributed by atoms with Crippen LogP contribution in [0.15, 0.2) is 53.3 Å². The molecule has 1 aliphatic carbocycles. The number of amides is 1. The van der Waals surface area contributed by atoms with Crippen molar-refractivity contribution >= 4 is 17.4 Å². The molecule has 0 radical (unpaired) electrons. The molecule has 4 rings (SSSR count). The Balaban J connectivity index is 1.61. The molecule has 0 spiro atoms. The van der Waals surface area contributed by atoms with Crippen LogP contribution in [0, 0.1) is 13.8 Å². The van der Waals surface area contributed by atoms with Crippen LogP contribution in [0.4, 0.5) is 5.69 Å². The molecule has 2 aromatic carbocycles.